The number of nitrogens with two attached hydrogens (primary N) is 1. The summed E-state index contributed by atoms with van der Waals surface area (Å²) in [6, 6.07) is 0.354. The number of rotatable bonds is 4. The summed E-state index contributed by atoms with van der Waals surface area (Å²) in [5, 5.41) is 3.21. The summed E-state index contributed by atoms with van der Waals surface area (Å²) >= 11 is 2.08. The van der Waals surface area contributed by atoms with E-state index in [4.69, 9.17) is 5.73 Å². The molecule has 0 aromatic carbocycles. The van der Waals surface area contributed by atoms with Crippen LogP contribution in [0.3, 0.4) is 0 Å². The Labute approximate surface area is 128 Å². The maximum Gasteiger partial charge on any atom is 0.188 e. The minimum Gasteiger partial charge on any atom is -0.370 e. The monoisotopic (exact) mass is 298 g/mol. The molecule has 0 radical (unpaired) electrons. The second-order valence-electron chi connectivity index (χ2n) is 6.38. The Balaban J connectivity index is 2.02. The van der Waals surface area contributed by atoms with E-state index in [9.17, 15) is 0 Å². The van der Waals surface area contributed by atoms with Gasteiger partial charge in [-0.3, -0.25) is 9.89 Å². The third-order valence-electron chi connectivity index (χ3n) is 4.45. The maximum absolute atomic E-state index is 6.00. The van der Waals surface area contributed by atoms with Crippen LogP contribution in [0, 0.1) is 0 Å². The summed E-state index contributed by atoms with van der Waals surface area (Å²) in [4.78, 5) is 7.37. The Hall–Kier alpha value is -0.420. The van der Waals surface area contributed by atoms with Crippen LogP contribution in [0.5, 0.6) is 0 Å². The van der Waals surface area contributed by atoms with Crippen molar-refractivity contribution in [3.8, 4) is 0 Å². The van der Waals surface area contributed by atoms with Crippen molar-refractivity contribution in [1.29, 1.82) is 0 Å². The van der Waals surface area contributed by atoms with Gasteiger partial charge in [0.2, 0.25) is 0 Å². The van der Waals surface area contributed by atoms with Gasteiger partial charge in [-0.05, 0) is 26.7 Å². The van der Waals surface area contributed by atoms with Crippen molar-refractivity contribution in [3.05, 3.63) is 0 Å². The molecule has 0 spiro atoms. The minimum absolute atomic E-state index is 0.280. The number of nitrogens with one attached hydrogen (secondary N) is 1. The maximum atomic E-state index is 6.00. The third-order valence-corrected chi connectivity index (χ3v) is 5.39. The van der Waals surface area contributed by atoms with E-state index < -0.39 is 0 Å². The smallest absolute Gasteiger partial charge is 0.188 e. The normalized spacial score (nSPS) is 24.9. The lowest BCUT2D eigenvalue weighted by molar-refractivity contribution is 0.0672. The first kappa shape index (κ1) is 16.0. The Kier molecular flexibility index (Phi) is 6.02. The molecule has 0 unspecified atom stereocenters. The second-order valence-corrected chi connectivity index (χ2v) is 7.61. The summed E-state index contributed by atoms with van der Waals surface area (Å²) in [6.07, 6.45) is 6.65. The average molecular weight is 299 g/mol. The van der Waals surface area contributed by atoms with Crippen molar-refractivity contribution >= 4 is 17.7 Å². The Morgan fingerprint density at radius 1 is 1.25 bits per heavy atom. The van der Waals surface area contributed by atoms with Crippen LogP contribution in [0.15, 0.2) is 4.99 Å². The molecular weight excluding hydrogens is 268 g/mol. The summed E-state index contributed by atoms with van der Waals surface area (Å²) in [5.41, 5.74) is 6.28. The van der Waals surface area contributed by atoms with Crippen LogP contribution in [0.2, 0.25) is 0 Å². The Morgan fingerprint density at radius 2 is 1.90 bits per heavy atom. The van der Waals surface area contributed by atoms with Crippen LogP contribution in [0.4, 0.5) is 0 Å². The number of guanidine groups is 1. The fourth-order valence-corrected chi connectivity index (χ4v) is 4.30. The minimum atomic E-state index is 0.280. The van der Waals surface area contributed by atoms with Crippen molar-refractivity contribution in [2.75, 3.05) is 31.1 Å². The molecule has 2 rings (SSSR count). The molecule has 4 nitrogen and oxygen atoms in total. The first-order valence-electron chi connectivity index (χ1n) is 8.02. The van der Waals surface area contributed by atoms with Crippen LogP contribution in [-0.4, -0.2) is 53.6 Å². The van der Waals surface area contributed by atoms with Gasteiger partial charge in [-0.1, -0.05) is 19.3 Å². The van der Waals surface area contributed by atoms with Gasteiger partial charge in [0.05, 0.1) is 6.54 Å². The molecule has 20 heavy (non-hydrogen) atoms. The standard InChI is InChI=1S/C15H30N4S/c1-13(2)18-14(16)17-12-15(6-4-3-5-7-15)19-8-10-20-11-9-19/h13H,3-12H2,1-2H3,(H3,16,17,18). The van der Waals surface area contributed by atoms with Gasteiger partial charge in [-0.15, -0.1) is 0 Å². The molecular formula is C15H30N4S. The van der Waals surface area contributed by atoms with Crippen molar-refractivity contribution in [2.24, 2.45) is 10.7 Å². The summed E-state index contributed by atoms with van der Waals surface area (Å²) in [5.74, 6) is 3.15. The van der Waals surface area contributed by atoms with Crippen molar-refractivity contribution in [2.45, 2.75) is 57.5 Å². The molecule has 1 saturated carbocycles. The molecule has 0 amide bonds. The van der Waals surface area contributed by atoms with Crippen molar-refractivity contribution in [3.63, 3.8) is 0 Å². The number of hydrogen-bond acceptors (Lipinski definition) is 3. The highest BCUT2D eigenvalue weighted by atomic mass is 32.2. The van der Waals surface area contributed by atoms with Gasteiger partial charge < -0.3 is 11.1 Å². The molecule has 0 aromatic rings. The van der Waals surface area contributed by atoms with Crippen LogP contribution in [-0.2, 0) is 0 Å². The molecule has 0 bridgehead atoms. The molecule has 2 aliphatic rings. The molecule has 1 aliphatic heterocycles. The molecule has 1 heterocycles. The fraction of sp³-hybridized carbons (Fsp3) is 0.933. The first-order valence-corrected chi connectivity index (χ1v) is 9.17. The zero-order valence-corrected chi connectivity index (χ0v) is 13.8. The average Bonchev–Trinajstić information content (AvgIpc) is 2.46. The SMILES string of the molecule is CC(C)NC(N)=NCC1(N2CCSCC2)CCCCC1. The zero-order valence-electron chi connectivity index (χ0n) is 13.0. The Bertz CT molecular complexity index is 318. The van der Waals surface area contributed by atoms with E-state index in [2.05, 4.69) is 40.8 Å². The van der Waals surface area contributed by atoms with E-state index in [0.717, 1.165) is 6.54 Å². The predicted octanol–water partition coefficient (Wildman–Crippen LogP) is 2.05. The molecule has 116 valence electrons. The van der Waals surface area contributed by atoms with E-state index in [-0.39, 0.29) is 5.54 Å². The number of nitrogens with zero attached hydrogens (tertiary/aromatic N) is 2. The quantitative estimate of drug-likeness (QED) is 0.616. The zero-order chi connectivity index (χ0) is 14.4. The molecule has 1 aliphatic carbocycles. The predicted molar refractivity (Wildman–Crippen MR) is 89.5 cm³/mol. The molecule has 1 saturated heterocycles. The fourth-order valence-electron chi connectivity index (χ4n) is 3.40. The number of hydrogen-bond donors (Lipinski definition) is 2. The van der Waals surface area contributed by atoms with Crippen LogP contribution < -0.4 is 11.1 Å². The molecule has 0 aromatic heterocycles. The van der Waals surface area contributed by atoms with E-state index in [1.165, 1.54) is 56.7 Å². The van der Waals surface area contributed by atoms with Crippen LogP contribution in [0.1, 0.15) is 46.0 Å². The lowest BCUT2D eigenvalue weighted by atomic mass is 9.80. The first-order chi connectivity index (χ1) is 9.62. The van der Waals surface area contributed by atoms with Crippen LogP contribution in [0.25, 0.3) is 0 Å². The third kappa shape index (κ3) is 4.29. The van der Waals surface area contributed by atoms with Gasteiger partial charge in [-0.2, -0.15) is 11.8 Å². The van der Waals surface area contributed by atoms with Crippen LogP contribution >= 0.6 is 11.8 Å². The lowest BCUT2D eigenvalue weighted by Gasteiger charge is -2.47. The van der Waals surface area contributed by atoms with E-state index in [1.54, 1.807) is 0 Å². The highest BCUT2D eigenvalue weighted by Gasteiger charge is 2.38. The largest absolute Gasteiger partial charge is 0.370 e. The Morgan fingerprint density at radius 3 is 2.50 bits per heavy atom. The molecule has 2 fully saturated rings. The van der Waals surface area contributed by atoms with Gasteiger partial charge in [0.25, 0.3) is 0 Å². The number of thioether (sulfide) groups is 1. The summed E-state index contributed by atoms with van der Waals surface area (Å²) < 4.78 is 0. The van der Waals surface area contributed by atoms with E-state index in [1.807, 2.05) is 0 Å². The summed E-state index contributed by atoms with van der Waals surface area (Å²) in [7, 11) is 0. The second kappa shape index (κ2) is 7.55. The summed E-state index contributed by atoms with van der Waals surface area (Å²) in [6.45, 7) is 7.50. The highest BCUT2D eigenvalue weighted by molar-refractivity contribution is 7.99. The van der Waals surface area contributed by atoms with Crippen molar-refractivity contribution in [1.82, 2.24) is 10.2 Å². The molecule has 3 N–H and O–H groups in total. The van der Waals surface area contributed by atoms with E-state index >= 15 is 0 Å². The van der Waals surface area contributed by atoms with Gasteiger partial charge in [-0.25, -0.2) is 0 Å². The highest BCUT2D eigenvalue weighted by Crippen LogP contribution is 2.35. The topological polar surface area (TPSA) is 53.6 Å². The molecule has 0 atom stereocenters. The van der Waals surface area contributed by atoms with Gasteiger partial charge in [0.15, 0.2) is 5.96 Å². The van der Waals surface area contributed by atoms with E-state index in [0.29, 0.717) is 12.0 Å². The molecule has 5 heteroatoms. The van der Waals surface area contributed by atoms with Crippen molar-refractivity contribution < 1.29 is 0 Å². The lowest BCUT2D eigenvalue weighted by Crippen LogP contribution is -2.55. The number of aliphatic imine (C=N–C) groups is 1. The van der Waals surface area contributed by atoms with Gasteiger partial charge in [0.1, 0.15) is 0 Å². The van der Waals surface area contributed by atoms with Gasteiger partial charge in [0, 0.05) is 36.2 Å². The van der Waals surface area contributed by atoms with Gasteiger partial charge >= 0.3 is 0 Å².